The molecule has 0 aromatic carbocycles. The number of hydrogen-bond donors (Lipinski definition) is 2. The van der Waals surface area contributed by atoms with E-state index in [0.717, 1.165) is 43.1 Å². The second kappa shape index (κ2) is 38.9. The number of aliphatic hydroxyl groups excluding tert-OH is 2. The van der Waals surface area contributed by atoms with Gasteiger partial charge in [0, 0.05) is 13.2 Å². The Bertz CT molecular complexity index is 48.7. The van der Waals surface area contributed by atoms with Gasteiger partial charge in [0.05, 0.1) is 0 Å². The molecule has 2 N–H and O–H groups in total. The predicted octanol–water partition coefficient (Wildman–Crippen LogP) is 1.86. The van der Waals surface area contributed by atoms with Gasteiger partial charge in [0.2, 0.25) is 0 Å². The zero-order valence-corrected chi connectivity index (χ0v) is 10.6. The zero-order valence-electron chi connectivity index (χ0n) is 8.40. The molecule has 0 aromatic rings. The number of halogens is 1. The fourth-order valence-corrected chi connectivity index (χ4v) is 0.316. The first kappa shape index (κ1) is 23.4. The summed E-state index contributed by atoms with van der Waals surface area (Å²) in [5.41, 5.74) is 0. The molecule has 83 valence electrons. The molecule has 0 unspecified atom stereocenters. The van der Waals surface area contributed by atoms with E-state index in [-0.39, 0.29) is 12.4 Å². The first-order valence-electron chi connectivity index (χ1n) is 4.23. The molecule has 0 saturated carbocycles. The Kier molecular flexibility index (Phi) is 70.2. The third-order valence-corrected chi connectivity index (χ3v) is 1.02. The summed E-state index contributed by atoms with van der Waals surface area (Å²) in [4.78, 5) is 0. The maximum absolute atomic E-state index is 8.19. The summed E-state index contributed by atoms with van der Waals surface area (Å²) in [6.07, 6.45) is 4.08. The van der Waals surface area contributed by atoms with Crippen molar-refractivity contribution in [2.45, 2.75) is 39.5 Å². The second-order valence-corrected chi connectivity index (χ2v) is 2.15. The van der Waals surface area contributed by atoms with Crippen LogP contribution in [0.1, 0.15) is 39.5 Å². The average Bonchev–Trinajstić information content (AvgIpc) is 2.12. The van der Waals surface area contributed by atoms with Crippen LogP contribution in [0, 0.1) is 0 Å². The van der Waals surface area contributed by atoms with Crippen molar-refractivity contribution in [2.24, 2.45) is 0 Å². The molecule has 0 fully saturated rings. The van der Waals surface area contributed by atoms with Gasteiger partial charge in [-0.15, -0.1) is 12.4 Å². The quantitative estimate of drug-likeness (QED) is 0.802. The molecule has 0 amide bonds. The van der Waals surface area contributed by atoms with Crippen LogP contribution < -0.4 is 0 Å². The van der Waals surface area contributed by atoms with Gasteiger partial charge in [0.1, 0.15) is 0 Å². The van der Waals surface area contributed by atoms with E-state index in [4.69, 9.17) is 13.9 Å². The van der Waals surface area contributed by atoms with Crippen molar-refractivity contribution in [3.8, 4) is 0 Å². The Morgan fingerprint density at radius 2 is 1.15 bits per heavy atom. The summed E-state index contributed by atoms with van der Waals surface area (Å²) in [5, 5.41) is 16.1. The molecule has 3 nitrogen and oxygen atoms in total. The molecule has 0 aliphatic carbocycles. The number of unbranched alkanes of at least 4 members (excludes halogenated alkanes) is 2. The summed E-state index contributed by atoms with van der Waals surface area (Å²) < 4.78 is 8.19. The summed E-state index contributed by atoms with van der Waals surface area (Å²) in [7, 11) is 0. The zero-order chi connectivity index (χ0) is 10.2. The molecule has 0 spiro atoms. The summed E-state index contributed by atoms with van der Waals surface area (Å²) >= 11 is 1.06. The number of rotatable bonds is 4. The van der Waals surface area contributed by atoms with Crippen LogP contribution in [0.25, 0.3) is 0 Å². The fourth-order valence-electron chi connectivity index (χ4n) is 0.316. The number of hydrogen-bond acceptors (Lipinski definition) is 3. The van der Waals surface area contributed by atoms with Crippen LogP contribution >= 0.6 is 12.4 Å². The van der Waals surface area contributed by atoms with Gasteiger partial charge in [-0.3, -0.25) is 0 Å². The molecule has 0 aliphatic heterocycles. The molecule has 0 radical (unpaired) electrons. The van der Waals surface area contributed by atoms with Crippen molar-refractivity contribution in [3.05, 3.63) is 0 Å². The van der Waals surface area contributed by atoms with Crippen LogP contribution in [-0.4, -0.2) is 23.4 Å². The van der Waals surface area contributed by atoms with Gasteiger partial charge in [-0.25, -0.2) is 0 Å². The van der Waals surface area contributed by atoms with Gasteiger partial charge in [-0.05, 0) is 12.8 Å². The Morgan fingerprint density at radius 3 is 1.15 bits per heavy atom. The van der Waals surface area contributed by atoms with Crippen molar-refractivity contribution in [1.29, 1.82) is 0 Å². The van der Waals surface area contributed by atoms with Crippen molar-refractivity contribution in [3.63, 3.8) is 0 Å². The van der Waals surface area contributed by atoms with Crippen LogP contribution in [0.2, 0.25) is 0 Å². The van der Waals surface area contributed by atoms with Crippen LogP contribution in [0.15, 0.2) is 0 Å². The van der Waals surface area contributed by atoms with Gasteiger partial charge in [-0.1, -0.05) is 26.7 Å². The molecular weight excluding hydrogens is 230 g/mol. The Morgan fingerprint density at radius 1 is 0.923 bits per heavy atom. The molecule has 0 atom stereocenters. The van der Waals surface area contributed by atoms with E-state index in [0.29, 0.717) is 13.2 Å². The van der Waals surface area contributed by atoms with E-state index in [1.54, 1.807) is 0 Å². The van der Waals surface area contributed by atoms with Crippen LogP contribution in [-0.2, 0) is 21.0 Å². The Hall–Kier alpha value is 0.594. The molecule has 0 saturated heterocycles. The van der Waals surface area contributed by atoms with E-state index >= 15 is 0 Å². The molecule has 0 bridgehead atoms. The molecule has 13 heavy (non-hydrogen) atoms. The molecule has 0 aromatic heterocycles. The van der Waals surface area contributed by atoms with Crippen molar-refractivity contribution >= 4 is 12.4 Å². The third-order valence-electron chi connectivity index (χ3n) is 1.02. The topological polar surface area (TPSA) is 57.5 Å². The molecular formula is C8H21ClO3V. The average molecular weight is 252 g/mol. The molecule has 0 rings (SSSR count). The maximum atomic E-state index is 8.19. The third kappa shape index (κ3) is 67.0. The van der Waals surface area contributed by atoms with E-state index in [1.807, 2.05) is 0 Å². The van der Waals surface area contributed by atoms with Gasteiger partial charge in [0.25, 0.3) is 0 Å². The minimum atomic E-state index is 0. The van der Waals surface area contributed by atoms with Crippen LogP contribution in [0.4, 0.5) is 0 Å². The number of aliphatic hydroxyl groups is 2. The van der Waals surface area contributed by atoms with Crippen molar-refractivity contribution < 1.29 is 31.3 Å². The molecule has 5 heteroatoms. The van der Waals surface area contributed by atoms with Gasteiger partial charge in [-0.2, -0.15) is 0 Å². The summed E-state index contributed by atoms with van der Waals surface area (Å²) in [6, 6.07) is 0. The van der Waals surface area contributed by atoms with Crippen LogP contribution in [0.5, 0.6) is 0 Å². The van der Waals surface area contributed by atoms with Gasteiger partial charge >= 0.3 is 21.0 Å². The standard InChI is InChI=1S/2C4H10O.ClH.O.V/c2*1-2-3-4-5;;;/h2*5H,2-4H2,1H3;1H;;. The van der Waals surface area contributed by atoms with Gasteiger partial charge in [0.15, 0.2) is 0 Å². The first-order chi connectivity index (χ1) is 5.83. The molecule has 0 heterocycles. The first-order valence-corrected chi connectivity index (χ1v) is 4.80. The fraction of sp³-hybridized carbons (Fsp3) is 1.00. The Labute approximate surface area is 96.5 Å². The normalized spacial score (nSPS) is 6.69. The molecule has 0 aliphatic rings. The Balaban J connectivity index is -0.0000000491. The van der Waals surface area contributed by atoms with Crippen molar-refractivity contribution in [1.82, 2.24) is 0 Å². The van der Waals surface area contributed by atoms with E-state index < -0.39 is 0 Å². The van der Waals surface area contributed by atoms with E-state index in [1.165, 1.54) is 0 Å². The SMILES string of the molecule is CCCCO.CCCCO.Cl.[O]=[V]. The van der Waals surface area contributed by atoms with E-state index in [2.05, 4.69) is 13.8 Å². The predicted molar refractivity (Wildman–Crippen MR) is 51.9 cm³/mol. The van der Waals surface area contributed by atoms with E-state index in [9.17, 15) is 0 Å². The summed E-state index contributed by atoms with van der Waals surface area (Å²) in [5.74, 6) is 0. The van der Waals surface area contributed by atoms with Crippen molar-refractivity contribution in [2.75, 3.05) is 13.2 Å². The van der Waals surface area contributed by atoms with Crippen LogP contribution in [0.3, 0.4) is 0 Å². The second-order valence-electron chi connectivity index (χ2n) is 2.15. The van der Waals surface area contributed by atoms with Gasteiger partial charge < -0.3 is 10.2 Å². The minimum absolute atomic E-state index is 0. The summed E-state index contributed by atoms with van der Waals surface area (Å²) in [6.45, 7) is 4.79. The monoisotopic (exact) mass is 251 g/mol.